The fourth-order valence-corrected chi connectivity index (χ4v) is 4.00. The lowest BCUT2D eigenvalue weighted by Gasteiger charge is -2.14. The summed E-state index contributed by atoms with van der Waals surface area (Å²) in [4.78, 5) is 0. The van der Waals surface area contributed by atoms with Crippen molar-refractivity contribution in [2.45, 2.75) is 25.0 Å². The molecule has 0 amide bonds. The zero-order chi connectivity index (χ0) is 19.1. The van der Waals surface area contributed by atoms with Crippen LogP contribution >= 0.6 is 0 Å². The minimum Gasteiger partial charge on any atom is -0.497 e. The molecule has 0 saturated heterocycles. The molecule has 0 N–H and O–H groups in total. The van der Waals surface area contributed by atoms with Crippen LogP contribution in [0.5, 0.6) is 23.0 Å². The van der Waals surface area contributed by atoms with Gasteiger partial charge in [-0.3, -0.25) is 0 Å². The Labute approximate surface area is 164 Å². The molecule has 2 atom stereocenters. The summed E-state index contributed by atoms with van der Waals surface area (Å²) in [5, 5.41) is 0. The maximum atomic E-state index is 6.13. The van der Waals surface area contributed by atoms with Gasteiger partial charge < -0.3 is 18.9 Å². The van der Waals surface area contributed by atoms with E-state index in [9.17, 15) is 0 Å². The van der Waals surface area contributed by atoms with E-state index in [1.165, 1.54) is 22.3 Å². The Morgan fingerprint density at radius 2 is 1.07 bits per heavy atom. The van der Waals surface area contributed by atoms with Crippen molar-refractivity contribution in [2.24, 2.45) is 0 Å². The van der Waals surface area contributed by atoms with Crippen LogP contribution < -0.4 is 18.9 Å². The number of methoxy groups -OCH3 is 2. The summed E-state index contributed by atoms with van der Waals surface area (Å²) >= 11 is 0. The molecule has 2 unspecified atom stereocenters. The first kappa shape index (κ1) is 17.0. The van der Waals surface area contributed by atoms with E-state index in [1.54, 1.807) is 14.2 Å². The van der Waals surface area contributed by atoms with Crippen LogP contribution in [-0.2, 0) is 12.8 Å². The minimum absolute atomic E-state index is 0.0436. The van der Waals surface area contributed by atoms with Crippen LogP contribution in [0.4, 0.5) is 0 Å². The van der Waals surface area contributed by atoms with Gasteiger partial charge in [-0.2, -0.15) is 0 Å². The molecule has 0 saturated carbocycles. The largest absolute Gasteiger partial charge is 0.497 e. The van der Waals surface area contributed by atoms with Crippen LogP contribution in [0.1, 0.15) is 34.5 Å². The third-order valence-electron chi connectivity index (χ3n) is 5.56. The van der Waals surface area contributed by atoms with E-state index >= 15 is 0 Å². The second-order valence-corrected chi connectivity index (χ2v) is 7.24. The van der Waals surface area contributed by atoms with Gasteiger partial charge >= 0.3 is 0 Å². The Hall–Kier alpha value is -3.14. The highest BCUT2D eigenvalue weighted by molar-refractivity contribution is 5.46. The number of hydrogen-bond acceptors (Lipinski definition) is 4. The van der Waals surface area contributed by atoms with Crippen molar-refractivity contribution in [1.82, 2.24) is 0 Å². The van der Waals surface area contributed by atoms with Crippen molar-refractivity contribution in [2.75, 3.05) is 14.2 Å². The molecule has 142 valence electrons. The Morgan fingerprint density at radius 1 is 0.643 bits per heavy atom. The van der Waals surface area contributed by atoms with E-state index in [4.69, 9.17) is 18.9 Å². The quantitative estimate of drug-likeness (QED) is 0.640. The van der Waals surface area contributed by atoms with Crippen LogP contribution in [0.3, 0.4) is 0 Å². The molecule has 0 aromatic heterocycles. The molecule has 3 aromatic rings. The summed E-state index contributed by atoms with van der Waals surface area (Å²) in [5.74, 6) is 3.62. The molecule has 28 heavy (non-hydrogen) atoms. The maximum Gasteiger partial charge on any atom is 0.128 e. The van der Waals surface area contributed by atoms with Crippen molar-refractivity contribution in [3.63, 3.8) is 0 Å². The van der Waals surface area contributed by atoms with E-state index in [-0.39, 0.29) is 12.2 Å². The second-order valence-electron chi connectivity index (χ2n) is 7.24. The first-order chi connectivity index (χ1) is 13.7. The first-order valence-electron chi connectivity index (χ1n) is 9.50. The van der Waals surface area contributed by atoms with Gasteiger partial charge in [-0.05, 0) is 47.5 Å². The van der Waals surface area contributed by atoms with Crippen LogP contribution in [0.15, 0.2) is 60.7 Å². The predicted octanol–water partition coefficient (Wildman–Crippen LogP) is 5.06. The monoisotopic (exact) mass is 374 g/mol. The minimum atomic E-state index is 0.0436. The summed E-state index contributed by atoms with van der Waals surface area (Å²) in [5.41, 5.74) is 4.74. The normalized spacial score (nSPS) is 19.4. The molecule has 0 bridgehead atoms. The number of benzene rings is 3. The molecule has 0 radical (unpaired) electrons. The molecule has 3 aromatic carbocycles. The average molecular weight is 374 g/mol. The molecule has 4 nitrogen and oxygen atoms in total. The summed E-state index contributed by atoms with van der Waals surface area (Å²) in [6, 6.07) is 20.6. The van der Waals surface area contributed by atoms with Crippen LogP contribution in [-0.4, -0.2) is 14.2 Å². The molecule has 2 aliphatic rings. The zero-order valence-electron chi connectivity index (χ0n) is 16.0. The summed E-state index contributed by atoms with van der Waals surface area (Å²) in [6.07, 6.45) is 1.80. The highest BCUT2D eigenvalue weighted by Gasteiger charge is 2.27. The summed E-state index contributed by atoms with van der Waals surface area (Å²) in [7, 11) is 3.38. The van der Waals surface area contributed by atoms with Gasteiger partial charge in [-0.25, -0.2) is 0 Å². The van der Waals surface area contributed by atoms with E-state index in [0.717, 1.165) is 35.8 Å². The Bertz CT molecular complexity index is 927. The van der Waals surface area contributed by atoms with Gasteiger partial charge in [0.1, 0.15) is 35.2 Å². The van der Waals surface area contributed by atoms with Crippen molar-refractivity contribution < 1.29 is 18.9 Å². The topological polar surface area (TPSA) is 36.9 Å². The van der Waals surface area contributed by atoms with Crippen molar-refractivity contribution >= 4 is 0 Å². The number of hydrogen-bond donors (Lipinski definition) is 0. The van der Waals surface area contributed by atoms with Gasteiger partial charge in [0.2, 0.25) is 0 Å². The Balaban J connectivity index is 1.30. The zero-order valence-corrected chi connectivity index (χ0v) is 16.0. The van der Waals surface area contributed by atoms with Crippen LogP contribution in [0.25, 0.3) is 0 Å². The molecule has 2 aliphatic heterocycles. The van der Waals surface area contributed by atoms with Gasteiger partial charge in [0.05, 0.1) is 14.2 Å². The van der Waals surface area contributed by atoms with E-state index in [0.29, 0.717) is 0 Å². The molecule has 5 rings (SSSR count). The molecule has 2 heterocycles. The molecule has 0 aliphatic carbocycles. The van der Waals surface area contributed by atoms with Crippen molar-refractivity contribution in [3.05, 3.63) is 82.9 Å². The lowest BCUT2D eigenvalue weighted by Crippen LogP contribution is -2.06. The fraction of sp³-hybridized carbons (Fsp3) is 0.250. The maximum absolute atomic E-state index is 6.13. The highest BCUT2D eigenvalue weighted by atomic mass is 16.5. The van der Waals surface area contributed by atoms with E-state index < -0.39 is 0 Å². The molecule has 4 heteroatoms. The van der Waals surface area contributed by atoms with E-state index in [2.05, 4.69) is 36.4 Å². The van der Waals surface area contributed by atoms with E-state index in [1.807, 2.05) is 24.3 Å². The van der Waals surface area contributed by atoms with Gasteiger partial charge in [-0.1, -0.05) is 24.3 Å². The Morgan fingerprint density at radius 3 is 1.46 bits per heavy atom. The van der Waals surface area contributed by atoms with Gasteiger partial charge in [0.15, 0.2) is 0 Å². The summed E-state index contributed by atoms with van der Waals surface area (Å²) in [6.45, 7) is 0. The summed E-state index contributed by atoms with van der Waals surface area (Å²) < 4.78 is 22.9. The lowest BCUT2D eigenvalue weighted by molar-refractivity contribution is 0.234. The van der Waals surface area contributed by atoms with Crippen LogP contribution in [0.2, 0.25) is 0 Å². The van der Waals surface area contributed by atoms with Gasteiger partial charge in [0, 0.05) is 24.0 Å². The average Bonchev–Trinajstić information content (AvgIpc) is 3.36. The molecular weight excluding hydrogens is 352 g/mol. The molecule has 0 spiro atoms. The lowest BCUT2D eigenvalue weighted by atomic mass is 9.99. The Kier molecular flexibility index (Phi) is 4.12. The smallest absolute Gasteiger partial charge is 0.128 e. The number of rotatable bonds is 4. The SMILES string of the molecule is COc1ccc2c(c1)CC(c1ccc(C3Cc4cc(OC)ccc4O3)cc1)O2. The number of ether oxygens (including phenoxy) is 4. The van der Waals surface area contributed by atoms with Gasteiger partial charge in [0.25, 0.3) is 0 Å². The fourth-order valence-electron chi connectivity index (χ4n) is 4.00. The highest BCUT2D eigenvalue weighted by Crippen LogP contribution is 2.41. The molecule has 0 fully saturated rings. The number of fused-ring (bicyclic) bond motifs is 2. The van der Waals surface area contributed by atoms with Crippen LogP contribution in [0, 0.1) is 0 Å². The third-order valence-corrected chi connectivity index (χ3v) is 5.56. The first-order valence-corrected chi connectivity index (χ1v) is 9.50. The third kappa shape index (κ3) is 2.95. The molecular formula is C24H22O4. The second kappa shape index (κ2) is 6.79. The van der Waals surface area contributed by atoms with Gasteiger partial charge in [-0.15, -0.1) is 0 Å². The predicted molar refractivity (Wildman–Crippen MR) is 107 cm³/mol. The van der Waals surface area contributed by atoms with Crippen molar-refractivity contribution in [3.8, 4) is 23.0 Å². The van der Waals surface area contributed by atoms with Crippen molar-refractivity contribution in [1.29, 1.82) is 0 Å². The standard InChI is InChI=1S/C24H22O4/c1-25-19-7-9-21-17(11-19)13-23(27-21)15-3-5-16(6-4-15)24-14-18-12-20(26-2)8-10-22(18)28-24/h3-12,23-24H,13-14H2,1-2H3.